The molecule has 0 saturated heterocycles. The van der Waals surface area contributed by atoms with Gasteiger partial charge in [-0.15, -0.1) is 0 Å². The van der Waals surface area contributed by atoms with E-state index < -0.39 is 0 Å². The highest BCUT2D eigenvalue weighted by molar-refractivity contribution is 6.29. The van der Waals surface area contributed by atoms with E-state index in [0.717, 1.165) is 17.1 Å². The third kappa shape index (κ3) is 4.10. The van der Waals surface area contributed by atoms with Gasteiger partial charge in [-0.1, -0.05) is 23.7 Å². The first kappa shape index (κ1) is 14.6. The van der Waals surface area contributed by atoms with E-state index >= 15 is 0 Å². The third-order valence-electron chi connectivity index (χ3n) is 2.67. The van der Waals surface area contributed by atoms with Crippen molar-refractivity contribution in [1.29, 1.82) is 0 Å². The normalized spacial score (nSPS) is 10.7. The van der Waals surface area contributed by atoms with Gasteiger partial charge < -0.3 is 9.64 Å². The van der Waals surface area contributed by atoms with Crippen molar-refractivity contribution in [3.63, 3.8) is 0 Å². The number of benzene rings is 1. The molecule has 0 aliphatic carbocycles. The maximum atomic E-state index is 5.85. The van der Waals surface area contributed by atoms with Gasteiger partial charge in [0, 0.05) is 13.6 Å². The van der Waals surface area contributed by atoms with Crippen molar-refractivity contribution in [2.24, 2.45) is 0 Å². The van der Waals surface area contributed by atoms with Crippen LogP contribution in [0.15, 0.2) is 36.7 Å². The van der Waals surface area contributed by atoms with Crippen LogP contribution in [0.5, 0.6) is 5.75 Å². The summed E-state index contributed by atoms with van der Waals surface area (Å²) in [6, 6.07) is 8.05. The van der Waals surface area contributed by atoms with Crippen LogP contribution in [0.25, 0.3) is 0 Å². The molecule has 106 valence electrons. The van der Waals surface area contributed by atoms with Crippen LogP contribution in [0.1, 0.15) is 19.4 Å². The van der Waals surface area contributed by atoms with Gasteiger partial charge in [-0.3, -0.25) is 4.98 Å². The summed E-state index contributed by atoms with van der Waals surface area (Å²) in [6.45, 7) is 4.74. The van der Waals surface area contributed by atoms with Crippen LogP contribution in [-0.4, -0.2) is 23.1 Å². The van der Waals surface area contributed by atoms with Crippen LogP contribution in [0.4, 0.5) is 5.82 Å². The summed E-state index contributed by atoms with van der Waals surface area (Å²) in [4.78, 5) is 10.3. The molecule has 1 aromatic heterocycles. The predicted molar refractivity (Wildman–Crippen MR) is 81.4 cm³/mol. The van der Waals surface area contributed by atoms with E-state index in [1.165, 1.54) is 6.20 Å². The molecular formula is C15H18ClN3O. The van der Waals surface area contributed by atoms with Gasteiger partial charge in [0.15, 0.2) is 0 Å². The molecule has 0 bridgehead atoms. The predicted octanol–water partition coefficient (Wildman–Crippen LogP) is 3.55. The van der Waals surface area contributed by atoms with E-state index in [1.807, 2.05) is 44.0 Å². The quantitative estimate of drug-likeness (QED) is 0.844. The van der Waals surface area contributed by atoms with Crippen LogP contribution >= 0.6 is 11.6 Å². The first-order valence-corrected chi connectivity index (χ1v) is 6.86. The van der Waals surface area contributed by atoms with Gasteiger partial charge in [0.25, 0.3) is 0 Å². The zero-order valence-electron chi connectivity index (χ0n) is 11.9. The topological polar surface area (TPSA) is 38.2 Å². The van der Waals surface area contributed by atoms with E-state index in [9.17, 15) is 0 Å². The molecule has 0 amide bonds. The van der Waals surface area contributed by atoms with Gasteiger partial charge in [-0.05, 0) is 31.5 Å². The summed E-state index contributed by atoms with van der Waals surface area (Å²) in [7, 11) is 1.95. The van der Waals surface area contributed by atoms with Gasteiger partial charge in [0.05, 0.1) is 18.5 Å². The number of hydrogen-bond acceptors (Lipinski definition) is 4. The summed E-state index contributed by atoms with van der Waals surface area (Å²) in [5.74, 6) is 1.62. The highest BCUT2D eigenvalue weighted by Crippen LogP contribution is 2.18. The minimum absolute atomic E-state index is 0.168. The molecule has 1 aromatic carbocycles. The molecule has 0 atom stereocenters. The summed E-state index contributed by atoms with van der Waals surface area (Å²) in [5.41, 5.74) is 1.15. The van der Waals surface area contributed by atoms with Gasteiger partial charge >= 0.3 is 0 Å². The monoisotopic (exact) mass is 291 g/mol. The Hall–Kier alpha value is -1.81. The Balaban J connectivity index is 2.09. The highest BCUT2D eigenvalue weighted by Gasteiger charge is 2.06. The first-order chi connectivity index (χ1) is 9.54. The Kier molecular flexibility index (Phi) is 4.79. The standard InChI is InChI=1S/C15H18ClN3O/c1-11(2)20-13-6-4-5-12(7-13)10-19(3)15-9-17-8-14(16)18-15/h4-9,11H,10H2,1-3H3. The van der Waals surface area contributed by atoms with Crippen LogP contribution < -0.4 is 9.64 Å². The summed E-state index contributed by atoms with van der Waals surface area (Å²) in [6.07, 6.45) is 3.39. The van der Waals surface area contributed by atoms with E-state index in [0.29, 0.717) is 11.7 Å². The van der Waals surface area contributed by atoms with Gasteiger partial charge in [-0.25, -0.2) is 4.98 Å². The minimum Gasteiger partial charge on any atom is -0.491 e. The van der Waals surface area contributed by atoms with Crippen molar-refractivity contribution in [2.75, 3.05) is 11.9 Å². The molecule has 2 aromatic rings. The number of halogens is 1. The fourth-order valence-electron chi connectivity index (χ4n) is 1.86. The molecule has 0 spiro atoms. The summed E-state index contributed by atoms with van der Waals surface area (Å²) >= 11 is 5.85. The second-order valence-electron chi connectivity index (χ2n) is 4.87. The summed E-state index contributed by atoms with van der Waals surface area (Å²) < 4.78 is 5.69. The number of ether oxygens (including phenoxy) is 1. The lowest BCUT2D eigenvalue weighted by molar-refractivity contribution is 0.242. The SMILES string of the molecule is CC(C)Oc1cccc(CN(C)c2cncc(Cl)n2)c1. The number of aromatic nitrogens is 2. The van der Waals surface area contributed by atoms with Crippen molar-refractivity contribution >= 4 is 17.4 Å². The summed E-state index contributed by atoms with van der Waals surface area (Å²) in [5, 5.41) is 0.395. The maximum absolute atomic E-state index is 5.85. The zero-order valence-corrected chi connectivity index (χ0v) is 12.6. The number of nitrogens with zero attached hydrogens (tertiary/aromatic N) is 3. The fourth-order valence-corrected chi connectivity index (χ4v) is 2.00. The molecular weight excluding hydrogens is 274 g/mol. The van der Waals surface area contributed by atoms with Crippen molar-refractivity contribution < 1.29 is 4.74 Å². The van der Waals surface area contributed by atoms with Crippen LogP contribution in [0.3, 0.4) is 0 Å². The van der Waals surface area contributed by atoms with E-state index in [4.69, 9.17) is 16.3 Å². The van der Waals surface area contributed by atoms with Crippen LogP contribution in [0.2, 0.25) is 5.15 Å². The Morgan fingerprint density at radius 2 is 2.10 bits per heavy atom. The van der Waals surface area contributed by atoms with Crippen molar-refractivity contribution in [2.45, 2.75) is 26.5 Å². The molecule has 0 N–H and O–H groups in total. The average molecular weight is 292 g/mol. The second kappa shape index (κ2) is 6.57. The van der Waals surface area contributed by atoms with E-state index in [-0.39, 0.29) is 6.10 Å². The maximum Gasteiger partial charge on any atom is 0.149 e. The molecule has 0 aliphatic heterocycles. The van der Waals surface area contributed by atoms with Crippen LogP contribution in [0, 0.1) is 0 Å². The molecule has 1 heterocycles. The average Bonchev–Trinajstić information content (AvgIpc) is 2.38. The lowest BCUT2D eigenvalue weighted by atomic mass is 10.2. The van der Waals surface area contributed by atoms with Crippen molar-refractivity contribution in [3.05, 3.63) is 47.4 Å². The lowest BCUT2D eigenvalue weighted by Gasteiger charge is -2.18. The van der Waals surface area contributed by atoms with Crippen molar-refractivity contribution in [3.8, 4) is 5.75 Å². The molecule has 20 heavy (non-hydrogen) atoms. The molecule has 0 aliphatic rings. The zero-order chi connectivity index (χ0) is 14.5. The fraction of sp³-hybridized carbons (Fsp3) is 0.333. The molecule has 4 nitrogen and oxygen atoms in total. The largest absolute Gasteiger partial charge is 0.491 e. The minimum atomic E-state index is 0.168. The third-order valence-corrected chi connectivity index (χ3v) is 2.86. The Labute approximate surface area is 124 Å². The van der Waals surface area contributed by atoms with E-state index in [1.54, 1.807) is 6.20 Å². The highest BCUT2D eigenvalue weighted by atomic mass is 35.5. The van der Waals surface area contributed by atoms with Crippen LogP contribution in [-0.2, 0) is 6.54 Å². The molecule has 0 radical (unpaired) electrons. The lowest BCUT2D eigenvalue weighted by Crippen LogP contribution is -2.18. The molecule has 0 saturated carbocycles. The second-order valence-corrected chi connectivity index (χ2v) is 5.26. The molecule has 2 rings (SSSR count). The Bertz CT molecular complexity index is 575. The molecule has 0 fully saturated rings. The van der Waals surface area contributed by atoms with Gasteiger partial charge in [0.2, 0.25) is 0 Å². The van der Waals surface area contributed by atoms with Crippen molar-refractivity contribution in [1.82, 2.24) is 9.97 Å². The molecule has 5 heteroatoms. The number of hydrogen-bond donors (Lipinski definition) is 0. The first-order valence-electron chi connectivity index (χ1n) is 6.49. The van der Waals surface area contributed by atoms with E-state index in [2.05, 4.69) is 16.0 Å². The smallest absolute Gasteiger partial charge is 0.149 e. The van der Waals surface area contributed by atoms with Gasteiger partial charge in [0.1, 0.15) is 16.7 Å². The Morgan fingerprint density at radius 1 is 1.30 bits per heavy atom. The number of anilines is 1. The van der Waals surface area contributed by atoms with Gasteiger partial charge in [-0.2, -0.15) is 0 Å². The Morgan fingerprint density at radius 3 is 2.80 bits per heavy atom. The molecule has 0 unspecified atom stereocenters. The number of rotatable bonds is 5.